The van der Waals surface area contributed by atoms with Gasteiger partial charge in [0.1, 0.15) is 5.82 Å². The van der Waals surface area contributed by atoms with Crippen LogP contribution >= 0.6 is 0 Å². The van der Waals surface area contributed by atoms with Gasteiger partial charge in [-0.05, 0) is 43.4 Å². The third kappa shape index (κ3) is 3.72. The summed E-state index contributed by atoms with van der Waals surface area (Å²) in [7, 11) is -3.26. The lowest BCUT2D eigenvalue weighted by Crippen LogP contribution is -2.43. The van der Waals surface area contributed by atoms with Crippen molar-refractivity contribution in [1.82, 2.24) is 9.21 Å². The number of amides is 1. The fourth-order valence-electron chi connectivity index (χ4n) is 3.42. The lowest BCUT2D eigenvalue weighted by Gasteiger charge is -2.26. The number of likely N-dealkylation sites (tertiary alicyclic amines) is 1. The van der Waals surface area contributed by atoms with Gasteiger partial charge in [-0.3, -0.25) is 4.79 Å². The first-order chi connectivity index (χ1) is 11.0. The van der Waals surface area contributed by atoms with Crippen LogP contribution < -0.4 is 0 Å². The van der Waals surface area contributed by atoms with Crippen molar-refractivity contribution in [2.45, 2.75) is 31.7 Å². The number of rotatable bonds is 4. The molecule has 0 unspecified atom stereocenters. The van der Waals surface area contributed by atoms with Crippen molar-refractivity contribution in [3.63, 3.8) is 0 Å². The van der Waals surface area contributed by atoms with Gasteiger partial charge in [0.15, 0.2) is 0 Å². The van der Waals surface area contributed by atoms with E-state index >= 15 is 0 Å². The highest BCUT2D eigenvalue weighted by Crippen LogP contribution is 2.23. The van der Waals surface area contributed by atoms with Crippen molar-refractivity contribution in [1.29, 1.82) is 0 Å². The molecule has 1 amide bonds. The van der Waals surface area contributed by atoms with Crippen LogP contribution in [0.4, 0.5) is 4.39 Å². The molecule has 2 heterocycles. The second-order valence-electron chi connectivity index (χ2n) is 6.22. The van der Waals surface area contributed by atoms with Crippen molar-refractivity contribution in [2.24, 2.45) is 0 Å². The Kier molecular flexibility index (Phi) is 4.68. The molecule has 2 fully saturated rings. The molecule has 0 aliphatic carbocycles. The van der Waals surface area contributed by atoms with Crippen molar-refractivity contribution in [3.05, 3.63) is 35.6 Å². The predicted octanol–water partition coefficient (Wildman–Crippen LogP) is 1.39. The summed E-state index contributed by atoms with van der Waals surface area (Å²) in [5, 5.41) is 0. The summed E-state index contributed by atoms with van der Waals surface area (Å²) in [6.07, 6.45) is 2.96. The number of nitrogens with zero attached hydrogens (tertiary/aromatic N) is 2. The predicted molar refractivity (Wildman–Crippen MR) is 84.8 cm³/mol. The fraction of sp³-hybridized carbons (Fsp3) is 0.562. The van der Waals surface area contributed by atoms with E-state index in [1.54, 1.807) is 11.0 Å². The van der Waals surface area contributed by atoms with Gasteiger partial charge < -0.3 is 4.90 Å². The zero-order chi connectivity index (χ0) is 16.4. The molecule has 0 N–H and O–H groups in total. The molecule has 0 saturated carbocycles. The van der Waals surface area contributed by atoms with Crippen LogP contribution in [0, 0.1) is 5.82 Å². The second-order valence-corrected chi connectivity index (χ2v) is 8.31. The molecule has 1 aromatic carbocycles. The minimum Gasteiger partial charge on any atom is -0.338 e. The first kappa shape index (κ1) is 16.4. The second kappa shape index (κ2) is 6.57. The third-order valence-electron chi connectivity index (χ3n) is 4.57. The van der Waals surface area contributed by atoms with Crippen molar-refractivity contribution in [2.75, 3.05) is 25.4 Å². The molecule has 126 valence electrons. The molecule has 7 heteroatoms. The number of halogens is 1. The van der Waals surface area contributed by atoms with Crippen LogP contribution in [0.2, 0.25) is 0 Å². The molecule has 0 spiro atoms. The number of hydrogen-bond acceptors (Lipinski definition) is 3. The summed E-state index contributed by atoms with van der Waals surface area (Å²) in [5.41, 5.74) is 0.864. The molecular weight excluding hydrogens is 319 g/mol. The number of hydrogen-bond donors (Lipinski definition) is 0. The molecule has 0 bridgehead atoms. The Hall–Kier alpha value is -1.47. The van der Waals surface area contributed by atoms with Crippen LogP contribution in [0.5, 0.6) is 0 Å². The summed E-state index contributed by atoms with van der Waals surface area (Å²) >= 11 is 0. The Morgan fingerprint density at radius 2 is 2.09 bits per heavy atom. The highest BCUT2D eigenvalue weighted by atomic mass is 32.2. The van der Waals surface area contributed by atoms with Crippen molar-refractivity contribution >= 4 is 15.9 Å². The Morgan fingerprint density at radius 3 is 2.78 bits per heavy atom. The van der Waals surface area contributed by atoms with E-state index in [0.29, 0.717) is 25.9 Å². The van der Waals surface area contributed by atoms with E-state index in [1.165, 1.54) is 16.4 Å². The Bertz CT molecular complexity index is 692. The number of carbonyl (C=O) groups is 1. The maximum Gasteiger partial charge on any atom is 0.238 e. The summed E-state index contributed by atoms with van der Waals surface area (Å²) < 4.78 is 38.3. The summed E-state index contributed by atoms with van der Waals surface area (Å²) in [5.74, 6) is -0.289. The van der Waals surface area contributed by atoms with Gasteiger partial charge in [0.05, 0.1) is 12.3 Å². The summed E-state index contributed by atoms with van der Waals surface area (Å²) in [4.78, 5) is 14.3. The standard InChI is InChI=1S/C16H21FN2O3S/c17-14-5-1-4-13(10-14)11-15-6-2-8-19(15)16(20)12-18-7-3-9-23(18,21)22/h1,4-5,10,15H,2-3,6-9,11-12H2/t15-/m1/s1. The van der Waals surface area contributed by atoms with E-state index in [1.807, 2.05) is 6.07 Å². The zero-order valence-electron chi connectivity index (χ0n) is 12.9. The van der Waals surface area contributed by atoms with Gasteiger partial charge >= 0.3 is 0 Å². The Balaban J connectivity index is 1.65. The largest absolute Gasteiger partial charge is 0.338 e. The maximum absolute atomic E-state index is 13.3. The average molecular weight is 340 g/mol. The Labute approximate surface area is 136 Å². The lowest BCUT2D eigenvalue weighted by molar-refractivity contribution is -0.132. The minimum absolute atomic E-state index is 0.0228. The van der Waals surface area contributed by atoms with Gasteiger partial charge in [-0.15, -0.1) is 0 Å². The normalized spacial score (nSPS) is 24.2. The van der Waals surface area contributed by atoms with Crippen LogP contribution in [0.25, 0.3) is 0 Å². The molecule has 5 nitrogen and oxygen atoms in total. The number of sulfonamides is 1. The van der Waals surface area contributed by atoms with Gasteiger partial charge in [-0.2, -0.15) is 4.31 Å². The first-order valence-corrected chi connectivity index (χ1v) is 9.58. The molecular formula is C16H21FN2O3S. The van der Waals surface area contributed by atoms with E-state index in [0.717, 1.165) is 18.4 Å². The first-order valence-electron chi connectivity index (χ1n) is 7.97. The molecule has 2 aliphatic rings. The average Bonchev–Trinajstić information content (AvgIpc) is 3.06. The van der Waals surface area contributed by atoms with Gasteiger partial charge in [0, 0.05) is 19.1 Å². The summed E-state index contributed by atoms with van der Waals surface area (Å²) in [6.45, 7) is 1.01. The van der Waals surface area contributed by atoms with Crippen LogP contribution in [0.3, 0.4) is 0 Å². The lowest BCUT2D eigenvalue weighted by atomic mass is 10.0. The van der Waals surface area contributed by atoms with Crippen LogP contribution in [-0.4, -0.2) is 55.0 Å². The number of benzene rings is 1. The van der Waals surface area contributed by atoms with Crippen molar-refractivity contribution < 1.29 is 17.6 Å². The quantitative estimate of drug-likeness (QED) is 0.832. The van der Waals surface area contributed by atoms with Crippen LogP contribution in [-0.2, 0) is 21.2 Å². The molecule has 2 aliphatic heterocycles. The summed E-state index contributed by atoms with van der Waals surface area (Å²) in [6, 6.07) is 6.44. The van der Waals surface area contributed by atoms with Gasteiger partial charge in [0.25, 0.3) is 0 Å². The van der Waals surface area contributed by atoms with E-state index in [-0.39, 0.29) is 30.1 Å². The molecule has 1 atom stereocenters. The third-order valence-corrected chi connectivity index (χ3v) is 6.48. The Morgan fingerprint density at radius 1 is 1.26 bits per heavy atom. The van der Waals surface area contributed by atoms with Crippen LogP contribution in [0.15, 0.2) is 24.3 Å². The molecule has 1 aromatic rings. The topological polar surface area (TPSA) is 57.7 Å². The minimum atomic E-state index is -3.26. The van der Waals surface area contributed by atoms with Gasteiger partial charge in [0.2, 0.25) is 15.9 Å². The van der Waals surface area contributed by atoms with Crippen LogP contribution in [0.1, 0.15) is 24.8 Å². The van der Waals surface area contributed by atoms with Gasteiger partial charge in [-0.1, -0.05) is 12.1 Å². The number of carbonyl (C=O) groups excluding carboxylic acids is 1. The molecule has 0 aromatic heterocycles. The fourth-order valence-corrected chi connectivity index (χ4v) is 4.89. The highest BCUT2D eigenvalue weighted by molar-refractivity contribution is 7.89. The van der Waals surface area contributed by atoms with E-state index in [2.05, 4.69) is 0 Å². The van der Waals surface area contributed by atoms with Gasteiger partial charge in [-0.25, -0.2) is 12.8 Å². The van der Waals surface area contributed by atoms with Crippen molar-refractivity contribution in [3.8, 4) is 0 Å². The van der Waals surface area contributed by atoms with E-state index in [4.69, 9.17) is 0 Å². The zero-order valence-corrected chi connectivity index (χ0v) is 13.8. The smallest absolute Gasteiger partial charge is 0.238 e. The van der Waals surface area contributed by atoms with E-state index < -0.39 is 10.0 Å². The van der Waals surface area contributed by atoms with E-state index in [9.17, 15) is 17.6 Å². The highest BCUT2D eigenvalue weighted by Gasteiger charge is 2.34. The SMILES string of the molecule is O=C(CN1CCCS1(=O)=O)N1CCC[C@@H]1Cc1cccc(F)c1. The molecule has 3 rings (SSSR count). The molecule has 2 saturated heterocycles. The monoisotopic (exact) mass is 340 g/mol. The molecule has 23 heavy (non-hydrogen) atoms. The molecule has 0 radical (unpaired) electrons. The maximum atomic E-state index is 13.3.